The predicted molar refractivity (Wildman–Crippen MR) is 148 cm³/mol. The topological polar surface area (TPSA) is 102 Å². The van der Waals surface area contributed by atoms with Crippen molar-refractivity contribution >= 4 is 40.7 Å². The lowest BCUT2D eigenvalue weighted by molar-refractivity contribution is 0.102. The molecule has 0 spiro atoms. The van der Waals surface area contributed by atoms with Crippen LogP contribution in [0.1, 0.15) is 51.6 Å². The minimum Gasteiger partial charge on any atom is -0.306 e. The Hall–Kier alpha value is -3.54. The van der Waals surface area contributed by atoms with Gasteiger partial charge in [-0.3, -0.25) is 9.52 Å². The zero-order valence-corrected chi connectivity index (χ0v) is 22.7. The van der Waals surface area contributed by atoms with Crippen LogP contribution in [-0.4, -0.2) is 41.8 Å². The standard InChI is InChI=1S/C26H28N8OS2/c1-16-6-8-20(9-7-16)34-23(31-25(35)21-15-28-33-13-5-11-27-24(21)33)14-22(32-34)17(2)10-12-29-37-26-18(3)30-19(4)36-26/h5-9,11,13-15,17,29H,10,12H2,1-4H3,(H,31,35). The molecule has 1 unspecified atom stereocenters. The minimum absolute atomic E-state index is 0.179. The molecule has 4 heterocycles. The Balaban J connectivity index is 1.34. The van der Waals surface area contributed by atoms with Crippen molar-refractivity contribution in [2.45, 2.75) is 44.2 Å². The summed E-state index contributed by atoms with van der Waals surface area (Å²) in [6.45, 7) is 9.07. The minimum atomic E-state index is -0.283. The molecule has 0 bridgehead atoms. The molecule has 0 radical (unpaired) electrons. The van der Waals surface area contributed by atoms with Crippen molar-refractivity contribution in [2.75, 3.05) is 11.9 Å². The lowest BCUT2D eigenvalue weighted by Gasteiger charge is -2.09. The average Bonchev–Trinajstić information content (AvgIpc) is 3.59. The van der Waals surface area contributed by atoms with Crippen LogP contribution in [0.25, 0.3) is 11.3 Å². The lowest BCUT2D eigenvalue weighted by Crippen LogP contribution is -2.15. The van der Waals surface area contributed by atoms with Gasteiger partial charge in [0.25, 0.3) is 5.91 Å². The van der Waals surface area contributed by atoms with Crippen molar-refractivity contribution < 1.29 is 4.79 Å². The van der Waals surface area contributed by atoms with Gasteiger partial charge in [0.05, 0.1) is 32.5 Å². The van der Waals surface area contributed by atoms with Crippen molar-refractivity contribution in [1.29, 1.82) is 0 Å². The fourth-order valence-electron chi connectivity index (χ4n) is 3.93. The Kier molecular flexibility index (Phi) is 7.36. The number of amides is 1. The van der Waals surface area contributed by atoms with Crippen LogP contribution in [0.3, 0.4) is 0 Å². The molecule has 1 atom stereocenters. The van der Waals surface area contributed by atoms with Crippen molar-refractivity contribution in [3.05, 3.63) is 82.5 Å². The molecule has 0 aliphatic carbocycles. The number of aromatic nitrogens is 6. The first-order chi connectivity index (χ1) is 17.9. The van der Waals surface area contributed by atoms with Crippen LogP contribution in [0, 0.1) is 20.8 Å². The number of carbonyl (C=O) groups is 1. The Morgan fingerprint density at radius 2 is 2.00 bits per heavy atom. The molecule has 4 aromatic heterocycles. The fourth-order valence-corrected chi connectivity index (χ4v) is 5.82. The zero-order valence-electron chi connectivity index (χ0n) is 21.1. The van der Waals surface area contributed by atoms with E-state index in [9.17, 15) is 4.79 Å². The number of hydrogen-bond acceptors (Lipinski definition) is 8. The second-order valence-corrected chi connectivity index (χ2v) is 11.3. The molecular weight excluding hydrogens is 504 g/mol. The highest BCUT2D eigenvalue weighted by Gasteiger charge is 2.20. The van der Waals surface area contributed by atoms with Gasteiger partial charge in [0.15, 0.2) is 5.65 Å². The van der Waals surface area contributed by atoms with Gasteiger partial charge in [-0.2, -0.15) is 10.2 Å². The number of anilines is 1. The van der Waals surface area contributed by atoms with E-state index in [4.69, 9.17) is 5.10 Å². The molecular formula is C26H28N8OS2. The van der Waals surface area contributed by atoms with Gasteiger partial charge in [-0.25, -0.2) is 19.2 Å². The average molecular weight is 533 g/mol. The molecule has 0 aliphatic heterocycles. The van der Waals surface area contributed by atoms with Gasteiger partial charge in [-0.1, -0.05) is 24.6 Å². The number of fused-ring (bicyclic) bond motifs is 1. The molecule has 5 aromatic rings. The Morgan fingerprint density at radius 1 is 1.19 bits per heavy atom. The maximum Gasteiger partial charge on any atom is 0.262 e. The quantitative estimate of drug-likeness (QED) is 0.195. The van der Waals surface area contributed by atoms with Gasteiger partial charge in [-0.05, 0) is 57.3 Å². The maximum atomic E-state index is 13.2. The maximum absolute atomic E-state index is 13.2. The van der Waals surface area contributed by atoms with Gasteiger partial charge < -0.3 is 5.32 Å². The number of hydrogen-bond donors (Lipinski definition) is 2. The summed E-state index contributed by atoms with van der Waals surface area (Å²) in [5.74, 6) is 0.497. The Morgan fingerprint density at radius 3 is 2.76 bits per heavy atom. The monoisotopic (exact) mass is 532 g/mol. The summed E-state index contributed by atoms with van der Waals surface area (Å²) in [6.07, 6.45) is 5.83. The van der Waals surface area contributed by atoms with Crippen molar-refractivity contribution in [2.24, 2.45) is 0 Å². The highest BCUT2D eigenvalue weighted by Crippen LogP contribution is 2.28. The largest absolute Gasteiger partial charge is 0.306 e. The molecule has 1 amide bonds. The van der Waals surface area contributed by atoms with Crippen LogP contribution in [-0.2, 0) is 0 Å². The van der Waals surface area contributed by atoms with E-state index in [0.29, 0.717) is 17.0 Å². The first-order valence-corrected chi connectivity index (χ1v) is 13.6. The zero-order chi connectivity index (χ0) is 25.9. The van der Waals surface area contributed by atoms with Gasteiger partial charge in [0, 0.05) is 30.9 Å². The smallest absolute Gasteiger partial charge is 0.262 e. The number of nitrogens with one attached hydrogen (secondary N) is 2. The number of nitrogens with zero attached hydrogens (tertiary/aromatic N) is 6. The van der Waals surface area contributed by atoms with E-state index < -0.39 is 0 Å². The van der Waals surface area contributed by atoms with E-state index in [2.05, 4.69) is 32.0 Å². The molecule has 0 saturated heterocycles. The fraction of sp³-hybridized carbons (Fsp3) is 0.269. The lowest BCUT2D eigenvalue weighted by atomic mass is 10.0. The van der Waals surface area contributed by atoms with E-state index in [0.717, 1.165) is 40.6 Å². The third-order valence-corrected chi connectivity index (χ3v) is 8.18. The Bertz CT molecular complexity index is 1540. The van der Waals surface area contributed by atoms with Gasteiger partial charge in [0.1, 0.15) is 11.4 Å². The SMILES string of the molecule is Cc1ccc(-n2nc(C(C)CCNSc3sc(C)nc3C)cc2NC(=O)c2cnn3cccnc23)cc1. The van der Waals surface area contributed by atoms with Crippen LogP contribution in [0.15, 0.2) is 59.2 Å². The number of rotatable bonds is 9. The van der Waals surface area contributed by atoms with Crippen molar-refractivity contribution in [3.63, 3.8) is 0 Å². The molecule has 9 nitrogen and oxygen atoms in total. The number of carbonyl (C=O) groups excluding carboxylic acids is 1. The molecule has 11 heteroatoms. The summed E-state index contributed by atoms with van der Waals surface area (Å²) in [5, 5.41) is 13.2. The predicted octanol–water partition coefficient (Wildman–Crippen LogP) is 5.34. The highest BCUT2D eigenvalue weighted by molar-refractivity contribution is 7.99. The second-order valence-electron chi connectivity index (χ2n) is 8.89. The van der Waals surface area contributed by atoms with Crippen molar-refractivity contribution in [1.82, 2.24) is 34.1 Å². The van der Waals surface area contributed by atoms with Gasteiger partial charge >= 0.3 is 0 Å². The normalized spacial score (nSPS) is 12.2. The molecule has 1 aromatic carbocycles. The third-order valence-electron chi connectivity index (χ3n) is 5.98. The van der Waals surface area contributed by atoms with Crippen LogP contribution in [0.5, 0.6) is 0 Å². The summed E-state index contributed by atoms with van der Waals surface area (Å²) in [7, 11) is 0. The van der Waals surface area contributed by atoms with Crippen LogP contribution < -0.4 is 10.0 Å². The summed E-state index contributed by atoms with van der Waals surface area (Å²) >= 11 is 3.33. The summed E-state index contributed by atoms with van der Waals surface area (Å²) in [6, 6.07) is 11.8. The second kappa shape index (κ2) is 10.8. The van der Waals surface area contributed by atoms with E-state index in [1.165, 1.54) is 10.4 Å². The third kappa shape index (κ3) is 5.58. The van der Waals surface area contributed by atoms with E-state index in [-0.39, 0.29) is 11.8 Å². The van der Waals surface area contributed by atoms with E-state index >= 15 is 0 Å². The molecule has 0 aliphatic rings. The summed E-state index contributed by atoms with van der Waals surface area (Å²) < 4.78 is 8.01. The number of thiazole rings is 1. The highest BCUT2D eigenvalue weighted by atomic mass is 32.2. The number of aryl methyl sites for hydroxylation is 3. The molecule has 5 rings (SSSR count). The molecule has 37 heavy (non-hydrogen) atoms. The van der Waals surface area contributed by atoms with Crippen molar-refractivity contribution in [3.8, 4) is 5.69 Å². The van der Waals surface area contributed by atoms with Gasteiger partial charge in [0.2, 0.25) is 0 Å². The van der Waals surface area contributed by atoms with E-state index in [1.54, 1.807) is 50.9 Å². The first kappa shape index (κ1) is 25.1. The van der Waals surface area contributed by atoms with E-state index in [1.807, 2.05) is 51.1 Å². The van der Waals surface area contributed by atoms with Gasteiger partial charge in [-0.15, -0.1) is 11.3 Å². The molecule has 2 N–H and O–H groups in total. The van der Waals surface area contributed by atoms with Crippen LogP contribution in [0.2, 0.25) is 0 Å². The molecule has 0 saturated carbocycles. The van der Waals surface area contributed by atoms with Crippen LogP contribution >= 0.6 is 23.3 Å². The summed E-state index contributed by atoms with van der Waals surface area (Å²) in [5.41, 5.74) is 4.91. The molecule has 190 valence electrons. The first-order valence-electron chi connectivity index (χ1n) is 12.0. The Labute approximate surface area is 223 Å². The number of benzene rings is 1. The molecule has 0 fully saturated rings. The van der Waals surface area contributed by atoms with Crippen LogP contribution in [0.4, 0.5) is 5.82 Å². The summed E-state index contributed by atoms with van der Waals surface area (Å²) in [4.78, 5) is 22.0.